The Labute approximate surface area is 167 Å². The second-order valence-corrected chi connectivity index (χ2v) is 7.92. The lowest BCUT2D eigenvalue weighted by molar-refractivity contribution is 0.00578. The quantitative estimate of drug-likeness (QED) is 0.513. The van der Waals surface area contributed by atoms with Gasteiger partial charge in [0.1, 0.15) is 11.6 Å². The molecule has 1 aliphatic rings. The molecule has 0 unspecified atom stereocenters. The molecule has 1 amide bonds. The van der Waals surface area contributed by atoms with Crippen LogP contribution in [0.5, 0.6) is 5.75 Å². The van der Waals surface area contributed by atoms with E-state index in [-0.39, 0.29) is 0 Å². The van der Waals surface area contributed by atoms with Crippen molar-refractivity contribution in [3.63, 3.8) is 0 Å². The Morgan fingerprint density at radius 2 is 1.68 bits per heavy atom. The topological polar surface area (TPSA) is 66.0 Å². The minimum Gasteiger partial charge on any atom is -0.493 e. The average molecular weight is 395 g/mol. The van der Waals surface area contributed by atoms with Gasteiger partial charge in [0.25, 0.3) is 0 Å². The van der Waals surface area contributed by atoms with Crippen LogP contribution in [-0.2, 0) is 14.0 Å². The maximum atomic E-state index is 14.5. The fraction of sp³-hybridized carbons (Fsp3) is 0.650. The zero-order valence-electron chi connectivity index (χ0n) is 17.5. The van der Waals surface area contributed by atoms with E-state index >= 15 is 0 Å². The number of benzene rings is 1. The van der Waals surface area contributed by atoms with Gasteiger partial charge in [0.15, 0.2) is 0 Å². The first kappa shape index (κ1) is 22.5. The van der Waals surface area contributed by atoms with Gasteiger partial charge in [-0.1, -0.05) is 6.07 Å². The predicted molar refractivity (Wildman–Crippen MR) is 106 cm³/mol. The van der Waals surface area contributed by atoms with Crippen molar-refractivity contribution in [1.29, 1.82) is 0 Å². The van der Waals surface area contributed by atoms with E-state index in [1.54, 1.807) is 12.1 Å². The van der Waals surface area contributed by atoms with Crippen LogP contribution >= 0.6 is 0 Å². The molecule has 0 saturated carbocycles. The monoisotopic (exact) mass is 395 g/mol. The number of amides is 1. The van der Waals surface area contributed by atoms with Crippen LogP contribution in [0.1, 0.15) is 53.4 Å². The van der Waals surface area contributed by atoms with Gasteiger partial charge in [0, 0.05) is 18.6 Å². The molecule has 8 heteroatoms. The molecule has 0 aliphatic carbocycles. The van der Waals surface area contributed by atoms with Gasteiger partial charge in [-0.25, -0.2) is 9.18 Å². The van der Waals surface area contributed by atoms with E-state index in [2.05, 4.69) is 5.32 Å². The molecule has 1 fully saturated rings. The van der Waals surface area contributed by atoms with Crippen molar-refractivity contribution in [2.45, 2.75) is 64.6 Å². The minimum atomic E-state index is -0.726. The highest BCUT2D eigenvalue weighted by Gasteiger charge is 2.52. The number of hydrogen-bond donors (Lipinski definition) is 1. The van der Waals surface area contributed by atoms with Gasteiger partial charge in [-0.05, 0) is 59.4 Å². The summed E-state index contributed by atoms with van der Waals surface area (Å²) in [6.45, 7) is 8.66. The van der Waals surface area contributed by atoms with Gasteiger partial charge in [0.2, 0.25) is 0 Å². The fourth-order valence-corrected chi connectivity index (χ4v) is 2.74. The summed E-state index contributed by atoms with van der Waals surface area (Å²) in [4.78, 5) is 10.9. The van der Waals surface area contributed by atoms with Gasteiger partial charge in [0.05, 0.1) is 24.4 Å². The van der Waals surface area contributed by atoms with Crippen molar-refractivity contribution >= 4 is 18.7 Å². The first-order valence-corrected chi connectivity index (χ1v) is 9.79. The van der Waals surface area contributed by atoms with Crippen LogP contribution in [0.3, 0.4) is 0 Å². The molecule has 0 radical (unpaired) electrons. The largest absolute Gasteiger partial charge is 0.497 e. The van der Waals surface area contributed by atoms with Gasteiger partial charge in [-0.3, -0.25) is 0 Å². The highest BCUT2D eigenvalue weighted by molar-refractivity contribution is 6.62. The summed E-state index contributed by atoms with van der Waals surface area (Å²) in [6.07, 6.45) is 3.14. The first-order chi connectivity index (χ1) is 13.2. The molecule has 28 heavy (non-hydrogen) atoms. The Morgan fingerprint density at radius 3 is 2.25 bits per heavy atom. The number of hydrogen-bond acceptors (Lipinski definition) is 5. The molecule has 1 heterocycles. The van der Waals surface area contributed by atoms with Crippen molar-refractivity contribution in [3.8, 4) is 5.75 Å². The Balaban J connectivity index is 1.72. The first-order valence-electron chi connectivity index (χ1n) is 9.79. The van der Waals surface area contributed by atoms with Gasteiger partial charge < -0.3 is 24.1 Å². The number of ether oxygens (including phenoxy) is 2. The summed E-state index contributed by atoms with van der Waals surface area (Å²) in [7, 11) is 0.806. The van der Waals surface area contributed by atoms with Crippen molar-refractivity contribution in [2.24, 2.45) is 0 Å². The Morgan fingerprint density at radius 1 is 1.07 bits per heavy atom. The van der Waals surface area contributed by atoms with Gasteiger partial charge in [-0.2, -0.15) is 0 Å². The number of nitrogens with one attached hydrogen (secondary N) is 1. The molecule has 2 rings (SSSR count). The number of unbranched alkanes of at least 4 members (excludes halogenated alkanes) is 3. The van der Waals surface area contributed by atoms with Crippen LogP contribution in [0.15, 0.2) is 18.2 Å². The van der Waals surface area contributed by atoms with E-state index in [1.165, 1.54) is 13.1 Å². The summed E-state index contributed by atoms with van der Waals surface area (Å²) in [6, 6.07) is 4.77. The van der Waals surface area contributed by atoms with E-state index in [0.717, 1.165) is 25.7 Å². The van der Waals surface area contributed by atoms with Gasteiger partial charge >= 0.3 is 13.2 Å². The van der Waals surface area contributed by atoms with E-state index in [9.17, 15) is 9.18 Å². The zero-order chi connectivity index (χ0) is 20.8. The van der Waals surface area contributed by atoms with Crippen LogP contribution in [0, 0.1) is 5.82 Å². The van der Waals surface area contributed by atoms with Crippen LogP contribution < -0.4 is 15.5 Å². The molecule has 1 aliphatic heterocycles. The number of rotatable bonds is 9. The second kappa shape index (κ2) is 9.61. The van der Waals surface area contributed by atoms with Gasteiger partial charge in [-0.15, -0.1) is 0 Å². The van der Waals surface area contributed by atoms with E-state index < -0.39 is 30.2 Å². The Hall–Kier alpha value is -1.80. The number of alkyl carbamates (subject to hydrolysis) is 1. The van der Waals surface area contributed by atoms with E-state index in [4.69, 9.17) is 18.8 Å². The lowest BCUT2D eigenvalue weighted by Crippen LogP contribution is -2.41. The molecule has 0 spiro atoms. The van der Waals surface area contributed by atoms with E-state index in [0.29, 0.717) is 24.4 Å². The smallest absolute Gasteiger partial charge is 0.493 e. The summed E-state index contributed by atoms with van der Waals surface area (Å²) >= 11 is 0. The number of carbonyl (C=O) groups excluding carboxylic acids is 1. The molecule has 0 atom stereocenters. The molecule has 0 bridgehead atoms. The molecule has 6 nitrogen and oxygen atoms in total. The zero-order valence-corrected chi connectivity index (χ0v) is 17.5. The van der Waals surface area contributed by atoms with Crippen LogP contribution in [0.4, 0.5) is 9.18 Å². The van der Waals surface area contributed by atoms with Crippen molar-refractivity contribution in [3.05, 3.63) is 24.0 Å². The number of carbonyl (C=O) groups is 1. The third-order valence-electron chi connectivity index (χ3n) is 5.22. The second-order valence-electron chi connectivity index (χ2n) is 7.92. The molecule has 1 N–H and O–H groups in total. The van der Waals surface area contributed by atoms with Crippen LogP contribution in [0.2, 0.25) is 0 Å². The summed E-state index contributed by atoms with van der Waals surface area (Å²) in [5.74, 6) is 0.0862. The molecule has 1 aromatic rings. The average Bonchev–Trinajstić information content (AvgIpc) is 2.84. The third-order valence-corrected chi connectivity index (χ3v) is 5.22. The molecular weight excluding hydrogens is 364 g/mol. The minimum absolute atomic E-state index is 0.377. The summed E-state index contributed by atoms with van der Waals surface area (Å²) in [5.41, 5.74) is -0.642. The lowest BCUT2D eigenvalue weighted by atomic mass is 9.78. The maximum Gasteiger partial charge on any atom is 0.497 e. The molecule has 0 aromatic heterocycles. The fourth-order valence-electron chi connectivity index (χ4n) is 2.74. The Bertz CT molecular complexity index is 652. The summed E-state index contributed by atoms with van der Waals surface area (Å²) in [5, 5.41) is 2.40. The summed E-state index contributed by atoms with van der Waals surface area (Å²) < 4.78 is 36.9. The maximum absolute atomic E-state index is 14.5. The standard InChI is InChI=1S/C20H31BFNO5/c1-19(2)20(3,4)28-21(27-19)16-11-10-15(14-17(16)22)25-12-8-6-7-9-13-26-18(24)23-5/h10-11,14H,6-9,12-13H2,1-5H3,(H,23,24). The molecule has 1 saturated heterocycles. The van der Waals surface area contributed by atoms with E-state index in [1.807, 2.05) is 27.7 Å². The van der Waals surface area contributed by atoms with Crippen molar-refractivity contribution in [2.75, 3.05) is 20.3 Å². The highest BCUT2D eigenvalue weighted by Crippen LogP contribution is 2.36. The molecule has 156 valence electrons. The normalized spacial score (nSPS) is 17.4. The molecule has 1 aromatic carbocycles. The third kappa shape index (κ3) is 5.85. The predicted octanol–water partition coefficient (Wildman–Crippen LogP) is 3.42. The number of halogens is 1. The van der Waals surface area contributed by atoms with Crippen molar-refractivity contribution in [1.82, 2.24) is 5.32 Å². The highest BCUT2D eigenvalue weighted by atomic mass is 19.1. The molecular formula is C20H31BFNO5. The van der Waals surface area contributed by atoms with Crippen molar-refractivity contribution < 1.29 is 28.0 Å². The SMILES string of the molecule is CNC(=O)OCCCCCCOc1ccc(B2OC(C)(C)C(C)(C)O2)c(F)c1. The van der Waals surface area contributed by atoms with Crippen LogP contribution in [-0.4, -0.2) is 44.7 Å². The Kier molecular flexibility index (Phi) is 7.72. The van der Waals surface area contributed by atoms with Crippen LogP contribution in [0.25, 0.3) is 0 Å². The lowest BCUT2D eigenvalue weighted by Gasteiger charge is -2.32.